The van der Waals surface area contributed by atoms with Gasteiger partial charge in [-0.25, -0.2) is 4.28 Å². The van der Waals surface area contributed by atoms with Crippen LogP contribution in [0.4, 0.5) is 0 Å². The third-order valence-electron chi connectivity index (χ3n) is 3.37. The Balaban J connectivity index is 2.99. The van der Waals surface area contributed by atoms with Gasteiger partial charge in [0.25, 0.3) is 0 Å². The molecular weight excluding hydrogens is 370 g/mol. The number of hydrogen-bond donors (Lipinski definition) is 6. The van der Waals surface area contributed by atoms with E-state index in [4.69, 9.17) is 14.4 Å². The molecule has 0 spiro atoms. The molecule has 1 aliphatic rings. The van der Waals surface area contributed by atoms with E-state index in [0.717, 1.165) is 0 Å². The fourth-order valence-corrected chi connectivity index (χ4v) is 3.41. The lowest BCUT2D eigenvalue weighted by atomic mass is 10.0. The highest BCUT2D eigenvalue weighted by Gasteiger charge is 2.44. The molecule has 0 aromatic rings. The van der Waals surface area contributed by atoms with Crippen LogP contribution < -0.4 is 0 Å². The Labute approximate surface area is 142 Å². The summed E-state index contributed by atoms with van der Waals surface area (Å²) in [4.78, 5) is 0. The van der Waals surface area contributed by atoms with Gasteiger partial charge in [-0.2, -0.15) is 8.42 Å². The molecule has 1 saturated heterocycles. The van der Waals surface area contributed by atoms with Gasteiger partial charge in [-0.15, -0.1) is 0 Å². The monoisotopic (exact) mass is 391 g/mol. The molecule has 11 nitrogen and oxygen atoms in total. The lowest BCUT2D eigenvalue weighted by molar-refractivity contribution is -0.205. The highest BCUT2D eigenvalue weighted by atomic mass is 32.3. The van der Waals surface area contributed by atoms with E-state index in [1.54, 1.807) is 6.92 Å². The zero-order valence-electron chi connectivity index (χ0n) is 12.7. The molecule has 6 N–H and O–H groups in total. The van der Waals surface area contributed by atoms with Gasteiger partial charge < -0.3 is 30.3 Å². The molecule has 1 aliphatic heterocycles. The van der Waals surface area contributed by atoms with Crippen molar-refractivity contribution in [2.24, 2.45) is 11.1 Å². The van der Waals surface area contributed by atoms with E-state index in [9.17, 15) is 28.8 Å². The molecule has 1 rings (SSSR count). The second-order valence-corrected chi connectivity index (χ2v) is 7.16. The number of aliphatic hydroxyl groups is 5. The van der Waals surface area contributed by atoms with E-state index in [-0.39, 0.29) is 5.04 Å². The first-order valence-electron chi connectivity index (χ1n) is 6.96. The second-order valence-electron chi connectivity index (χ2n) is 5.03. The van der Waals surface area contributed by atoms with Crippen molar-refractivity contribution >= 4 is 27.2 Å². The zero-order valence-corrected chi connectivity index (χ0v) is 14.3. The van der Waals surface area contributed by atoms with Crippen LogP contribution in [0.25, 0.3) is 0 Å². The summed E-state index contributed by atoms with van der Waals surface area (Å²) in [6, 6.07) is 0. The molecule has 6 atom stereocenters. The molecule has 0 bridgehead atoms. The maximum atomic E-state index is 10.7. The van der Waals surface area contributed by atoms with Crippen molar-refractivity contribution in [1.82, 2.24) is 0 Å². The van der Waals surface area contributed by atoms with Crippen LogP contribution >= 0.6 is 11.8 Å². The molecule has 0 aliphatic carbocycles. The van der Waals surface area contributed by atoms with Crippen LogP contribution in [0.2, 0.25) is 0 Å². The van der Waals surface area contributed by atoms with Crippen molar-refractivity contribution in [3.05, 3.63) is 0 Å². The van der Waals surface area contributed by atoms with E-state index in [1.807, 2.05) is 0 Å². The summed E-state index contributed by atoms with van der Waals surface area (Å²) >= 11 is 0.632. The maximum absolute atomic E-state index is 10.7. The average Bonchev–Trinajstić information content (AvgIpc) is 2.52. The summed E-state index contributed by atoms with van der Waals surface area (Å²) in [6.45, 7) is 0.597. The van der Waals surface area contributed by atoms with Crippen LogP contribution in [-0.4, -0.2) is 86.6 Å². The minimum atomic E-state index is -4.87. The topological polar surface area (TPSA) is 186 Å². The Hall–Kier alpha value is -0.510. The average molecular weight is 391 g/mol. The van der Waals surface area contributed by atoms with E-state index >= 15 is 0 Å². The Kier molecular flexibility index (Phi) is 8.31. The van der Waals surface area contributed by atoms with Crippen LogP contribution in [0.15, 0.2) is 5.16 Å². The van der Waals surface area contributed by atoms with Gasteiger partial charge in [0.1, 0.15) is 34.9 Å². The Morgan fingerprint density at radius 3 is 2.33 bits per heavy atom. The number of nitrogens with zero attached hydrogens (tertiary/aromatic N) is 1. The third kappa shape index (κ3) is 5.79. The largest absolute Gasteiger partial charge is 0.466 e. The van der Waals surface area contributed by atoms with Crippen LogP contribution in [0.1, 0.15) is 13.3 Å². The quantitative estimate of drug-likeness (QED) is 0.118. The molecule has 13 heteroatoms. The van der Waals surface area contributed by atoms with Crippen molar-refractivity contribution < 1.29 is 47.5 Å². The van der Waals surface area contributed by atoms with Crippen molar-refractivity contribution in [3.63, 3.8) is 0 Å². The maximum Gasteiger partial charge on any atom is 0.466 e. The van der Waals surface area contributed by atoms with Crippen LogP contribution in [-0.2, 0) is 19.4 Å². The fraction of sp³-hybridized carbons (Fsp3) is 0.909. The van der Waals surface area contributed by atoms with Crippen LogP contribution in [0, 0.1) is 5.92 Å². The molecule has 0 saturated carbocycles. The van der Waals surface area contributed by atoms with Gasteiger partial charge in [0, 0.05) is 5.92 Å². The fourth-order valence-electron chi connectivity index (χ4n) is 1.94. The summed E-state index contributed by atoms with van der Waals surface area (Å²) in [5.41, 5.74) is -1.23. The van der Waals surface area contributed by atoms with Gasteiger partial charge in [0.2, 0.25) is 0 Å². The third-order valence-corrected chi connectivity index (χ3v) is 4.90. The van der Waals surface area contributed by atoms with Crippen molar-refractivity contribution in [2.75, 3.05) is 13.2 Å². The van der Waals surface area contributed by atoms with E-state index < -0.39 is 59.4 Å². The summed E-state index contributed by atoms with van der Waals surface area (Å²) in [6.07, 6.45) is -5.59. The van der Waals surface area contributed by atoms with Gasteiger partial charge in [0.05, 0.1) is 13.2 Å². The summed E-state index contributed by atoms with van der Waals surface area (Å²) in [7, 11) is -4.87. The van der Waals surface area contributed by atoms with Gasteiger partial charge in [-0.1, -0.05) is 23.8 Å². The minimum absolute atomic E-state index is 0.123. The van der Waals surface area contributed by atoms with Crippen LogP contribution in [0.5, 0.6) is 0 Å². The predicted octanol–water partition coefficient (Wildman–Crippen LogP) is -2.33. The first-order chi connectivity index (χ1) is 11.1. The molecule has 24 heavy (non-hydrogen) atoms. The van der Waals surface area contributed by atoms with Gasteiger partial charge >= 0.3 is 10.4 Å². The minimum Gasteiger partial charge on any atom is -0.396 e. The van der Waals surface area contributed by atoms with Gasteiger partial charge in [-0.3, -0.25) is 4.55 Å². The lowest BCUT2D eigenvalue weighted by Crippen LogP contribution is -2.57. The molecule has 0 amide bonds. The molecule has 1 heterocycles. The Morgan fingerprint density at radius 2 is 1.88 bits per heavy atom. The number of thioether (sulfide) groups is 1. The van der Waals surface area contributed by atoms with E-state index in [1.165, 1.54) is 0 Å². The molecule has 142 valence electrons. The Bertz CT molecular complexity index is 521. The number of hydrogen-bond acceptors (Lipinski definition) is 11. The number of oxime groups is 1. The summed E-state index contributed by atoms with van der Waals surface area (Å²) in [5, 5.41) is 51.0. The first kappa shape index (κ1) is 21.5. The van der Waals surface area contributed by atoms with Gasteiger partial charge in [-0.05, 0) is 6.42 Å². The van der Waals surface area contributed by atoms with Crippen molar-refractivity contribution in [3.8, 4) is 0 Å². The molecule has 0 radical (unpaired) electrons. The number of aliphatic hydroxyl groups excluding tert-OH is 5. The van der Waals surface area contributed by atoms with E-state index in [2.05, 4.69) is 9.44 Å². The number of ether oxygens (including phenoxy) is 1. The lowest BCUT2D eigenvalue weighted by Gasteiger charge is -2.39. The summed E-state index contributed by atoms with van der Waals surface area (Å²) in [5.74, 6) is -0.691. The molecule has 0 aromatic carbocycles. The molecule has 0 aromatic heterocycles. The van der Waals surface area contributed by atoms with Crippen molar-refractivity contribution in [2.45, 2.75) is 43.2 Å². The Morgan fingerprint density at radius 1 is 1.25 bits per heavy atom. The standard InChI is InChI=1S/C11H21NO10S2/c1-2-5(3-13)10(12-22-24(18,19)20)23-11-9(17)8(16)7(15)6(4-14)21-11/h5-9,11,13-17H,2-4H2,1H3,(H,18,19,20)/b12-10-/t5-,6-,7-,8-,9+,11+/m0/s1. The SMILES string of the molecule is CC[C@@H](CO)/C(=N/OS(=O)(=O)O)S[C@H]1O[C@@H](CO)[C@H](O)[C@H](O)[C@H]1O. The van der Waals surface area contributed by atoms with Gasteiger partial charge in [0.15, 0.2) is 0 Å². The smallest absolute Gasteiger partial charge is 0.396 e. The summed E-state index contributed by atoms with van der Waals surface area (Å²) < 4.78 is 39.1. The predicted molar refractivity (Wildman–Crippen MR) is 82.3 cm³/mol. The highest BCUT2D eigenvalue weighted by Crippen LogP contribution is 2.31. The molecule has 1 fully saturated rings. The van der Waals surface area contributed by atoms with Crippen LogP contribution in [0.3, 0.4) is 0 Å². The van der Waals surface area contributed by atoms with E-state index in [0.29, 0.717) is 18.2 Å². The zero-order chi connectivity index (χ0) is 18.5. The molecule has 0 unspecified atom stereocenters. The second kappa shape index (κ2) is 9.26. The first-order valence-corrected chi connectivity index (χ1v) is 9.21. The van der Waals surface area contributed by atoms with Crippen molar-refractivity contribution in [1.29, 1.82) is 0 Å². The highest BCUT2D eigenvalue weighted by molar-refractivity contribution is 8.14. The number of rotatable bonds is 7. The normalized spacial score (nSPS) is 33.3. The molecular formula is C11H21NO10S2.